The van der Waals surface area contributed by atoms with Crippen LogP contribution in [0.1, 0.15) is 12.6 Å². The molecule has 3 rings (SSSR count). The Balaban J connectivity index is 2.18. The summed E-state index contributed by atoms with van der Waals surface area (Å²) in [5.41, 5.74) is 3.72. The smallest absolute Gasteiger partial charge is 0.178 e. The predicted molar refractivity (Wildman–Crippen MR) is 73.2 cm³/mol. The van der Waals surface area contributed by atoms with Gasteiger partial charge in [-0.1, -0.05) is 6.92 Å². The lowest BCUT2D eigenvalue weighted by molar-refractivity contribution is 0.746. The van der Waals surface area contributed by atoms with Crippen LogP contribution in [0.5, 0.6) is 0 Å². The number of nitrogens with zero attached hydrogens (tertiary/aromatic N) is 4. The molecule has 0 aliphatic heterocycles. The van der Waals surface area contributed by atoms with Crippen LogP contribution in [0.3, 0.4) is 0 Å². The van der Waals surface area contributed by atoms with Gasteiger partial charge in [0.25, 0.3) is 0 Å². The summed E-state index contributed by atoms with van der Waals surface area (Å²) in [6.07, 6.45) is 4.60. The summed E-state index contributed by atoms with van der Waals surface area (Å²) in [4.78, 5) is 12.1. The van der Waals surface area contributed by atoms with Gasteiger partial charge in [-0.05, 0) is 28.4 Å². The number of fused-ring (bicyclic) bond motifs is 1. The average molecular weight is 306 g/mol. The maximum Gasteiger partial charge on any atom is 0.178 e. The largest absolute Gasteiger partial charge is 0.336 e. The normalized spacial score (nSPS) is 11.3. The van der Waals surface area contributed by atoms with Crippen molar-refractivity contribution < 1.29 is 0 Å². The Morgan fingerprint density at radius 1 is 1.44 bits per heavy atom. The average Bonchev–Trinajstić information content (AvgIpc) is 2.91. The van der Waals surface area contributed by atoms with Gasteiger partial charge >= 0.3 is 0 Å². The molecule has 0 aromatic carbocycles. The first-order valence-corrected chi connectivity index (χ1v) is 6.51. The minimum Gasteiger partial charge on any atom is -0.336 e. The van der Waals surface area contributed by atoms with Gasteiger partial charge in [-0.15, -0.1) is 0 Å². The Labute approximate surface area is 112 Å². The van der Waals surface area contributed by atoms with Gasteiger partial charge in [-0.3, -0.25) is 4.68 Å². The summed E-state index contributed by atoms with van der Waals surface area (Å²) in [6.45, 7) is 2.09. The maximum absolute atomic E-state index is 4.51. The number of pyridine rings is 1. The van der Waals surface area contributed by atoms with Crippen LogP contribution in [-0.2, 0) is 13.5 Å². The van der Waals surface area contributed by atoms with E-state index in [0.717, 1.165) is 39.1 Å². The fraction of sp³-hybridized carbons (Fsp3) is 0.250. The third-order valence-corrected chi connectivity index (χ3v) is 3.23. The molecule has 6 heteroatoms. The Morgan fingerprint density at radius 3 is 3.06 bits per heavy atom. The van der Waals surface area contributed by atoms with Crippen LogP contribution in [0.4, 0.5) is 0 Å². The van der Waals surface area contributed by atoms with Crippen molar-refractivity contribution in [2.45, 2.75) is 13.3 Å². The Hall–Kier alpha value is -1.69. The van der Waals surface area contributed by atoms with E-state index in [1.165, 1.54) is 0 Å². The molecule has 0 aliphatic carbocycles. The lowest BCUT2D eigenvalue weighted by Crippen LogP contribution is -1.89. The van der Waals surface area contributed by atoms with Crippen molar-refractivity contribution in [2.24, 2.45) is 7.05 Å². The van der Waals surface area contributed by atoms with Gasteiger partial charge in [0.2, 0.25) is 0 Å². The van der Waals surface area contributed by atoms with Crippen molar-refractivity contribution in [1.82, 2.24) is 24.7 Å². The summed E-state index contributed by atoms with van der Waals surface area (Å²) in [6, 6.07) is 1.97. The summed E-state index contributed by atoms with van der Waals surface area (Å²) < 4.78 is 2.75. The van der Waals surface area contributed by atoms with Crippen LogP contribution in [-0.4, -0.2) is 24.7 Å². The van der Waals surface area contributed by atoms with E-state index in [0.29, 0.717) is 0 Å². The maximum atomic E-state index is 4.51. The molecule has 0 saturated carbocycles. The van der Waals surface area contributed by atoms with Crippen LogP contribution in [0.2, 0.25) is 0 Å². The molecule has 0 saturated heterocycles. The summed E-state index contributed by atoms with van der Waals surface area (Å²) in [7, 11) is 1.92. The molecule has 0 bridgehead atoms. The number of aryl methyl sites for hydroxylation is 2. The van der Waals surface area contributed by atoms with E-state index in [1.54, 1.807) is 6.20 Å². The molecule has 92 valence electrons. The number of nitrogens with one attached hydrogen (secondary N) is 1. The number of aromatic amines is 1. The van der Waals surface area contributed by atoms with Crippen LogP contribution >= 0.6 is 15.9 Å². The number of hydrogen-bond donors (Lipinski definition) is 1. The van der Waals surface area contributed by atoms with Gasteiger partial charge in [0, 0.05) is 23.9 Å². The monoisotopic (exact) mass is 305 g/mol. The van der Waals surface area contributed by atoms with Gasteiger partial charge in [-0.25, -0.2) is 9.97 Å². The molecule has 0 radical (unpaired) electrons. The van der Waals surface area contributed by atoms with E-state index >= 15 is 0 Å². The molecule has 5 nitrogen and oxygen atoms in total. The van der Waals surface area contributed by atoms with Crippen molar-refractivity contribution in [3.05, 3.63) is 28.6 Å². The van der Waals surface area contributed by atoms with Crippen molar-refractivity contribution in [3.63, 3.8) is 0 Å². The number of imidazole rings is 1. The van der Waals surface area contributed by atoms with E-state index in [4.69, 9.17) is 0 Å². The Morgan fingerprint density at radius 2 is 2.28 bits per heavy atom. The molecule has 1 N–H and O–H groups in total. The topological polar surface area (TPSA) is 59.4 Å². The molecule has 0 amide bonds. The quantitative estimate of drug-likeness (QED) is 0.792. The minimum absolute atomic E-state index is 0.721. The first-order valence-electron chi connectivity index (χ1n) is 5.71. The first kappa shape index (κ1) is 11.4. The molecule has 3 aromatic rings. The molecule has 3 aromatic heterocycles. The van der Waals surface area contributed by atoms with Gasteiger partial charge in [0.05, 0.1) is 16.8 Å². The van der Waals surface area contributed by atoms with Crippen molar-refractivity contribution >= 4 is 27.1 Å². The van der Waals surface area contributed by atoms with E-state index in [-0.39, 0.29) is 0 Å². The van der Waals surface area contributed by atoms with Crippen LogP contribution in [0, 0.1) is 0 Å². The minimum atomic E-state index is 0.721. The van der Waals surface area contributed by atoms with Gasteiger partial charge in [0.15, 0.2) is 5.65 Å². The summed E-state index contributed by atoms with van der Waals surface area (Å²) >= 11 is 3.40. The predicted octanol–water partition coefficient (Wildman–Crippen LogP) is 2.68. The molecule has 3 heterocycles. The number of aromatic nitrogens is 5. The highest BCUT2D eigenvalue weighted by Gasteiger charge is 2.13. The number of rotatable bonds is 2. The molecule has 0 spiro atoms. The molecular formula is C12H12BrN5. The van der Waals surface area contributed by atoms with E-state index in [2.05, 4.69) is 42.9 Å². The second-order valence-corrected chi connectivity index (χ2v) is 5.04. The van der Waals surface area contributed by atoms with Crippen molar-refractivity contribution in [2.75, 3.05) is 0 Å². The third kappa shape index (κ3) is 1.82. The fourth-order valence-electron chi connectivity index (χ4n) is 2.00. The van der Waals surface area contributed by atoms with Gasteiger partial charge in [-0.2, -0.15) is 5.10 Å². The first-order chi connectivity index (χ1) is 8.67. The van der Waals surface area contributed by atoms with Crippen molar-refractivity contribution in [3.8, 4) is 11.4 Å². The number of halogens is 1. The van der Waals surface area contributed by atoms with Crippen LogP contribution in [0.15, 0.2) is 22.9 Å². The zero-order chi connectivity index (χ0) is 12.7. The van der Waals surface area contributed by atoms with Crippen LogP contribution < -0.4 is 0 Å². The number of hydrogen-bond acceptors (Lipinski definition) is 3. The highest BCUT2D eigenvalue weighted by atomic mass is 79.9. The Kier molecular flexibility index (Phi) is 2.66. The van der Waals surface area contributed by atoms with E-state index in [9.17, 15) is 0 Å². The fourth-order valence-corrected chi connectivity index (χ4v) is 2.33. The molecule has 0 atom stereocenters. The Bertz CT molecular complexity index is 712. The third-order valence-electron chi connectivity index (χ3n) is 2.80. The molecule has 18 heavy (non-hydrogen) atoms. The zero-order valence-corrected chi connectivity index (χ0v) is 11.7. The summed E-state index contributed by atoms with van der Waals surface area (Å²) in [5.74, 6) is 0.820. The SMILES string of the molecule is CCc1nn(C)cc1-c1nc2ncc(Br)cc2[nH]1. The standard InChI is InChI=1S/C12H12BrN5/c1-3-9-8(6-18(2)17-9)11-15-10-4-7(13)5-14-12(10)16-11/h4-6H,3H2,1-2H3,(H,14,15,16). The molecule has 0 aliphatic rings. The molecule has 0 fully saturated rings. The molecule has 0 unspecified atom stereocenters. The summed E-state index contributed by atoms with van der Waals surface area (Å²) in [5, 5.41) is 4.42. The highest BCUT2D eigenvalue weighted by Crippen LogP contribution is 2.23. The molecular weight excluding hydrogens is 294 g/mol. The van der Waals surface area contributed by atoms with Gasteiger partial charge in [0.1, 0.15) is 5.82 Å². The zero-order valence-electron chi connectivity index (χ0n) is 10.1. The second-order valence-electron chi connectivity index (χ2n) is 4.13. The van der Waals surface area contributed by atoms with Crippen LogP contribution in [0.25, 0.3) is 22.6 Å². The number of H-pyrrole nitrogens is 1. The van der Waals surface area contributed by atoms with E-state index in [1.807, 2.05) is 24.0 Å². The highest BCUT2D eigenvalue weighted by molar-refractivity contribution is 9.10. The lowest BCUT2D eigenvalue weighted by atomic mass is 10.2. The van der Waals surface area contributed by atoms with Crippen molar-refractivity contribution in [1.29, 1.82) is 0 Å². The second kappa shape index (κ2) is 4.20. The van der Waals surface area contributed by atoms with E-state index < -0.39 is 0 Å². The van der Waals surface area contributed by atoms with Gasteiger partial charge < -0.3 is 4.98 Å². The lowest BCUT2D eigenvalue weighted by Gasteiger charge is -1.93.